The van der Waals surface area contributed by atoms with Crippen molar-refractivity contribution in [3.05, 3.63) is 66.1 Å². The molecule has 1 fully saturated rings. The summed E-state index contributed by atoms with van der Waals surface area (Å²) in [6, 6.07) is 14.9. The van der Waals surface area contributed by atoms with Gasteiger partial charge in [-0.25, -0.2) is 9.37 Å². The molecule has 1 aliphatic heterocycles. The average molecular weight is 366 g/mol. The van der Waals surface area contributed by atoms with Crippen LogP contribution >= 0.6 is 0 Å². The van der Waals surface area contributed by atoms with Gasteiger partial charge in [0.2, 0.25) is 0 Å². The summed E-state index contributed by atoms with van der Waals surface area (Å²) < 4.78 is 19.4. The first kappa shape index (κ1) is 17.3. The number of carbonyl (C=O) groups is 1. The number of likely N-dealkylation sites (tertiary alicyclic amines) is 1. The number of aromatic nitrogens is 1. The van der Waals surface area contributed by atoms with Gasteiger partial charge in [-0.05, 0) is 24.3 Å². The third-order valence-corrected chi connectivity index (χ3v) is 4.78. The number of piperidine rings is 1. The molecule has 2 heterocycles. The SMILES string of the molecule is O=C(c1ccc2cccc(O)c2n1)N1CCC(Oc2ccccc2F)CC1. The van der Waals surface area contributed by atoms with Crippen molar-refractivity contribution in [2.24, 2.45) is 0 Å². The number of phenols is 1. The Morgan fingerprint density at radius 1 is 1.07 bits per heavy atom. The van der Waals surface area contributed by atoms with Gasteiger partial charge in [-0.1, -0.05) is 30.3 Å². The van der Waals surface area contributed by atoms with Crippen LogP contribution in [0.5, 0.6) is 11.5 Å². The summed E-state index contributed by atoms with van der Waals surface area (Å²) in [6.45, 7) is 1.02. The molecule has 1 amide bonds. The lowest BCUT2D eigenvalue weighted by molar-refractivity contribution is 0.0583. The van der Waals surface area contributed by atoms with Gasteiger partial charge >= 0.3 is 0 Å². The highest BCUT2D eigenvalue weighted by Gasteiger charge is 2.26. The molecule has 0 saturated carbocycles. The predicted octanol–water partition coefficient (Wildman–Crippen LogP) is 3.76. The minimum absolute atomic E-state index is 0.0548. The van der Waals surface area contributed by atoms with E-state index in [-0.39, 0.29) is 29.3 Å². The summed E-state index contributed by atoms with van der Waals surface area (Å²) in [5.41, 5.74) is 0.721. The standard InChI is InChI=1S/C21H19FN2O3/c22-16-5-1-2-7-19(16)27-15-10-12-24(13-11-15)21(26)17-9-8-14-4-3-6-18(25)20(14)23-17/h1-9,15,25H,10-13H2. The largest absolute Gasteiger partial charge is 0.506 e. The molecular weight excluding hydrogens is 347 g/mol. The fourth-order valence-corrected chi connectivity index (χ4v) is 3.31. The second-order valence-corrected chi connectivity index (χ2v) is 6.59. The zero-order valence-electron chi connectivity index (χ0n) is 14.6. The van der Waals surface area contributed by atoms with E-state index >= 15 is 0 Å². The number of amides is 1. The Bertz CT molecular complexity index is 984. The highest BCUT2D eigenvalue weighted by Crippen LogP contribution is 2.25. The molecule has 6 heteroatoms. The molecule has 27 heavy (non-hydrogen) atoms. The average Bonchev–Trinajstić information content (AvgIpc) is 2.70. The van der Waals surface area contributed by atoms with Gasteiger partial charge in [0.05, 0.1) is 0 Å². The Morgan fingerprint density at radius 3 is 2.63 bits per heavy atom. The summed E-state index contributed by atoms with van der Waals surface area (Å²) >= 11 is 0. The lowest BCUT2D eigenvalue weighted by atomic mass is 10.1. The highest BCUT2D eigenvalue weighted by molar-refractivity contribution is 5.96. The molecule has 3 aromatic rings. The Kier molecular flexibility index (Phi) is 4.62. The first-order valence-electron chi connectivity index (χ1n) is 8.91. The number of fused-ring (bicyclic) bond motifs is 1. The molecule has 4 rings (SSSR count). The lowest BCUT2D eigenvalue weighted by Gasteiger charge is -2.32. The number of benzene rings is 2. The molecule has 1 saturated heterocycles. The number of ether oxygens (including phenoxy) is 1. The summed E-state index contributed by atoms with van der Waals surface area (Å²) in [7, 11) is 0. The van der Waals surface area contributed by atoms with Crippen LogP contribution in [0.4, 0.5) is 4.39 Å². The maximum atomic E-state index is 13.7. The van der Waals surface area contributed by atoms with Gasteiger partial charge in [0, 0.05) is 31.3 Å². The molecule has 0 bridgehead atoms. The van der Waals surface area contributed by atoms with Crippen LogP contribution in [-0.2, 0) is 0 Å². The summed E-state index contributed by atoms with van der Waals surface area (Å²) in [5, 5.41) is 10.7. The first-order chi connectivity index (χ1) is 13.1. The van der Waals surface area contributed by atoms with Gasteiger partial charge in [0.1, 0.15) is 23.1 Å². The Balaban J connectivity index is 1.43. The van der Waals surface area contributed by atoms with E-state index in [4.69, 9.17) is 4.74 Å². The van der Waals surface area contributed by atoms with Crippen molar-refractivity contribution in [2.45, 2.75) is 18.9 Å². The maximum Gasteiger partial charge on any atom is 0.272 e. The van der Waals surface area contributed by atoms with Gasteiger partial charge < -0.3 is 14.7 Å². The first-order valence-corrected chi connectivity index (χ1v) is 8.91. The Hall–Kier alpha value is -3.15. The van der Waals surface area contributed by atoms with Crippen molar-refractivity contribution in [2.75, 3.05) is 13.1 Å². The number of halogens is 1. The van der Waals surface area contributed by atoms with Crippen molar-refractivity contribution in [1.82, 2.24) is 9.88 Å². The van der Waals surface area contributed by atoms with Gasteiger partial charge in [-0.2, -0.15) is 0 Å². The zero-order valence-corrected chi connectivity index (χ0v) is 14.6. The van der Waals surface area contributed by atoms with E-state index in [0.717, 1.165) is 5.39 Å². The molecule has 1 aromatic heterocycles. The van der Waals surface area contributed by atoms with Crippen LogP contribution in [0.15, 0.2) is 54.6 Å². The predicted molar refractivity (Wildman–Crippen MR) is 99.4 cm³/mol. The van der Waals surface area contributed by atoms with Crippen molar-refractivity contribution in [3.8, 4) is 11.5 Å². The van der Waals surface area contributed by atoms with Crippen LogP contribution < -0.4 is 4.74 Å². The Labute approximate surface area is 156 Å². The lowest BCUT2D eigenvalue weighted by Crippen LogP contribution is -2.42. The van der Waals surface area contributed by atoms with E-state index in [2.05, 4.69) is 4.98 Å². The minimum Gasteiger partial charge on any atom is -0.506 e. The van der Waals surface area contributed by atoms with Crippen LogP contribution in [0.1, 0.15) is 23.3 Å². The number of aromatic hydroxyl groups is 1. The molecule has 138 valence electrons. The minimum atomic E-state index is -0.379. The number of carbonyl (C=O) groups excluding carboxylic acids is 1. The van der Waals surface area contributed by atoms with E-state index in [9.17, 15) is 14.3 Å². The van der Waals surface area contributed by atoms with Crippen LogP contribution in [0.2, 0.25) is 0 Å². The molecule has 0 spiro atoms. The summed E-state index contributed by atoms with van der Waals surface area (Å²) in [5.74, 6) is -0.256. The van der Waals surface area contributed by atoms with Crippen molar-refractivity contribution >= 4 is 16.8 Å². The van der Waals surface area contributed by atoms with E-state index in [1.165, 1.54) is 6.07 Å². The number of nitrogens with zero attached hydrogens (tertiary/aromatic N) is 2. The smallest absolute Gasteiger partial charge is 0.272 e. The number of para-hydroxylation sites is 2. The molecular formula is C21H19FN2O3. The second kappa shape index (κ2) is 7.23. The molecule has 0 aliphatic carbocycles. The molecule has 0 radical (unpaired) electrons. The normalized spacial score (nSPS) is 15.1. The molecule has 0 atom stereocenters. The Morgan fingerprint density at radius 2 is 1.85 bits per heavy atom. The number of hydrogen-bond donors (Lipinski definition) is 1. The van der Waals surface area contributed by atoms with Gasteiger partial charge in [0.25, 0.3) is 5.91 Å². The van der Waals surface area contributed by atoms with E-state index in [1.807, 2.05) is 6.07 Å². The number of rotatable bonds is 3. The fraction of sp³-hybridized carbons (Fsp3) is 0.238. The number of hydrogen-bond acceptors (Lipinski definition) is 4. The monoisotopic (exact) mass is 366 g/mol. The summed E-state index contributed by atoms with van der Waals surface area (Å²) in [6.07, 6.45) is 1.12. The van der Waals surface area contributed by atoms with E-state index in [0.29, 0.717) is 37.1 Å². The van der Waals surface area contributed by atoms with Crippen molar-refractivity contribution in [1.29, 1.82) is 0 Å². The van der Waals surface area contributed by atoms with Gasteiger partial charge in [-0.15, -0.1) is 0 Å². The van der Waals surface area contributed by atoms with Crippen molar-refractivity contribution < 1.29 is 19.0 Å². The molecule has 5 nitrogen and oxygen atoms in total. The maximum absolute atomic E-state index is 13.7. The zero-order chi connectivity index (χ0) is 18.8. The molecule has 0 unspecified atom stereocenters. The molecule has 1 aliphatic rings. The third-order valence-electron chi connectivity index (χ3n) is 4.78. The fourth-order valence-electron chi connectivity index (χ4n) is 3.31. The van der Waals surface area contributed by atoms with Crippen molar-refractivity contribution in [3.63, 3.8) is 0 Å². The molecule has 1 N–H and O–H groups in total. The number of phenolic OH excluding ortho intramolecular Hbond substituents is 1. The molecule has 2 aromatic carbocycles. The van der Waals surface area contributed by atoms with E-state index < -0.39 is 0 Å². The third kappa shape index (κ3) is 3.56. The summed E-state index contributed by atoms with van der Waals surface area (Å²) in [4.78, 5) is 18.8. The quantitative estimate of drug-likeness (QED) is 0.767. The van der Waals surface area contributed by atoms with Gasteiger partial charge in [0.15, 0.2) is 11.6 Å². The van der Waals surface area contributed by atoms with Gasteiger partial charge in [-0.3, -0.25) is 4.79 Å². The van der Waals surface area contributed by atoms with Crippen LogP contribution in [-0.4, -0.2) is 40.1 Å². The van der Waals surface area contributed by atoms with Crippen LogP contribution in [0.3, 0.4) is 0 Å². The van der Waals surface area contributed by atoms with Crippen LogP contribution in [0, 0.1) is 5.82 Å². The topological polar surface area (TPSA) is 62.7 Å². The second-order valence-electron chi connectivity index (χ2n) is 6.59. The van der Waals surface area contributed by atoms with E-state index in [1.54, 1.807) is 47.4 Å². The number of pyridine rings is 1. The van der Waals surface area contributed by atoms with Crippen LogP contribution in [0.25, 0.3) is 10.9 Å². The highest BCUT2D eigenvalue weighted by atomic mass is 19.1.